The lowest BCUT2D eigenvalue weighted by atomic mass is 9.64. The highest BCUT2D eigenvalue weighted by Gasteiger charge is 2.70. The maximum absolute atomic E-state index is 11.9. The summed E-state index contributed by atoms with van der Waals surface area (Å²) < 4.78 is 5.84. The molecule has 2 nitrogen and oxygen atoms in total. The molecule has 0 spiro atoms. The van der Waals surface area contributed by atoms with Crippen molar-refractivity contribution in [1.29, 1.82) is 0 Å². The molecule has 0 radical (unpaired) electrons. The molecule has 0 aromatic carbocycles. The summed E-state index contributed by atoms with van der Waals surface area (Å²) in [5, 5.41) is 0. The van der Waals surface area contributed by atoms with Crippen LogP contribution < -0.4 is 0 Å². The molecule has 2 rings (SSSR count). The van der Waals surface area contributed by atoms with Crippen molar-refractivity contribution in [3.05, 3.63) is 12.2 Å². The minimum atomic E-state index is -0.344. The van der Waals surface area contributed by atoms with E-state index < -0.39 is 0 Å². The Morgan fingerprint density at radius 3 is 2.11 bits per heavy atom. The lowest BCUT2D eigenvalue weighted by Gasteiger charge is -2.46. The number of hydrogen-bond donors (Lipinski definition) is 0. The van der Waals surface area contributed by atoms with Crippen LogP contribution in [0.15, 0.2) is 12.2 Å². The molecule has 0 aromatic heterocycles. The summed E-state index contributed by atoms with van der Waals surface area (Å²) in [6.07, 6.45) is 2.13. The van der Waals surface area contributed by atoms with Crippen LogP contribution in [0.2, 0.25) is 0 Å². The zero-order valence-corrected chi connectivity index (χ0v) is 12.6. The lowest BCUT2D eigenvalue weighted by Crippen LogP contribution is -2.48. The maximum atomic E-state index is 11.9. The Labute approximate surface area is 111 Å². The van der Waals surface area contributed by atoms with Gasteiger partial charge in [0.2, 0.25) is 0 Å². The molecule has 0 aliphatic heterocycles. The van der Waals surface area contributed by atoms with E-state index in [1.165, 1.54) is 0 Å². The second-order valence-electron chi connectivity index (χ2n) is 7.45. The number of ether oxygens (including phenoxy) is 1. The van der Waals surface area contributed by atoms with Crippen LogP contribution in [0.25, 0.3) is 0 Å². The number of fused-ring (bicyclic) bond motifs is 2. The first-order valence-electron chi connectivity index (χ1n) is 6.94. The minimum absolute atomic E-state index is 0.0647. The van der Waals surface area contributed by atoms with Gasteiger partial charge in [-0.2, -0.15) is 0 Å². The number of carbonyl (C=O) groups excluding carboxylic acids is 1. The summed E-state index contributed by atoms with van der Waals surface area (Å²) >= 11 is 0. The molecule has 4 unspecified atom stereocenters. The van der Waals surface area contributed by atoms with Gasteiger partial charge in [0, 0.05) is 11.0 Å². The third kappa shape index (κ3) is 1.44. The average Bonchev–Trinajstić information content (AvgIpc) is 2.47. The molecule has 102 valence electrons. The molecule has 2 heteroatoms. The molecule has 2 bridgehead atoms. The van der Waals surface area contributed by atoms with Gasteiger partial charge in [0.15, 0.2) is 0 Å². The number of carbonyl (C=O) groups is 1. The highest BCUT2D eigenvalue weighted by molar-refractivity contribution is 5.87. The third-order valence-corrected chi connectivity index (χ3v) is 6.21. The molecule has 0 aromatic rings. The van der Waals surface area contributed by atoms with E-state index in [0.717, 1.165) is 18.8 Å². The van der Waals surface area contributed by atoms with Gasteiger partial charge in [0.05, 0.1) is 0 Å². The highest BCUT2D eigenvalue weighted by Crippen LogP contribution is 2.72. The van der Waals surface area contributed by atoms with Crippen LogP contribution in [0.1, 0.15) is 54.4 Å². The largest absolute Gasteiger partial charge is 0.455 e. The van der Waals surface area contributed by atoms with Gasteiger partial charge in [0.1, 0.15) is 5.60 Å². The number of esters is 1. The van der Waals surface area contributed by atoms with E-state index >= 15 is 0 Å². The summed E-state index contributed by atoms with van der Waals surface area (Å²) in [4.78, 5) is 11.9. The van der Waals surface area contributed by atoms with Gasteiger partial charge in [-0.25, -0.2) is 4.79 Å². The van der Waals surface area contributed by atoms with E-state index in [-0.39, 0.29) is 22.4 Å². The summed E-state index contributed by atoms with van der Waals surface area (Å²) in [5.41, 5.74) is 0.448. The van der Waals surface area contributed by atoms with Crippen LogP contribution in [-0.2, 0) is 9.53 Å². The fourth-order valence-electron chi connectivity index (χ4n) is 4.61. The van der Waals surface area contributed by atoms with Crippen molar-refractivity contribution in [2.45, 2.75) is 60.0 Å². The monoisotopic (exact) mass is 250 g/mol. The summed E-state index contributed by atoms with van der Waals surface area (Å²) in [7, 11) is 0. The zero-order chi connectivity index (χ0) is 13.9. The van der Waals surface area contributed by atoms with Crippen molar-refractivity contribution in [2.24, 2.45) is 22.7 Å². The molecule has 2 saturated carbocycles. The SMILES string of the molecule is C=C(C)C(=O)OC1(C)CC2C(C)CC1(C)C2(C)C. The van der Waals surface area contributed by atoms with Gasteiger partial charge in [-0.15, -0.1) is 0 Å². The van der Waals surface area contributed by atoms with Crippen molar-refractivity contribution in [1.82, 2.24) is 0 Å². The van der Waals surface area contributed by atoms with Crippen LogP contribution in [0.3, 0.4) is 0 Å². The first-order chi connectivity index (χ1) is 8.05. The van der Waals surface area contributed by atoms with Crippen molar-refractivity contribution in [3.8, 4) is 0 Å². The van der Waals surface area contributed by atoms with Gasteiger partial charge >= 0.3 is 5.97 Å². The van der Waals surface area contributed by atoms with Crippen molar-refractivity contribution >= 4 is 5.97 Å². The Balaban J connectivity index is 2.33. The number of hydrogen-bond acceptors (Lipinski definition) is 2. The molecule has 18 heavy (non-hydrogen) atoms. The second kappa shape index (κ2) is 3.61. The fraction of sp³-hybridized carbons (Fsp3) is 0.812. The fourth-order valence-corrected chi connectivity index (χ4v) is 4.61. The van der Waals surface area contributed by atoms with Crippen LogP contribution in [0, 0.1) is 22.7 Å². The molecular weight excluding hydrogens is 224 g/mol. The molecular formula is C16H26O2. The van der Waals surface area contributed by atoms with Crippen LogP contribution in [0.5, 0.6) is 0 Å². The third-order valence-electron chi connectivity index (χ3n) is 6.21. The molecule has 0 N–H and O–H groups in total. The standard InChI is InChI=1S/C16H26O2/c1-10(2)13(17)18-16(7)9-12-11(3)8-15(16,6)14(12,4)5/h11-12H,1,8-9H2,2-7H3. The predicted octanol–water partition coefficient (Wildman–Crippen LogP) is 3.96. The first-order valence-corrected chi connectivity index (χ1v) is 6.94. The van der Waals surface area contributed by atoms with E-state index in [4.69, 9.17) is 4.74 Å². The molecule has 2 aliphatic rings. The van der Waals surface area contributed by atoms with E-state index in [1.54, 1.807) is 6.92 Å². The van der Waals surface area contributed by atoms with E-state index in [0.29, 0.717) is 11.5 Å². The van der Waals surface area contributed by atoms with Crippen LogP contribution in [0.4, 0.5) is 0 Å². The van der Waals surface area contributed by atoms with E-state index in [1.807, 2.05) is 0 Å². The molecule has 0 amide bonds. The first kappa shape index (κ1) is 13.6. The summed E-state index contributed by atoms with van der Waals surface area (Å²) in [6, 6.07) is 0. The molecule has 4 atom stereocenters. The molecule has 2 aliphatic carbocycles. The summed E-state index contributed by atoms with van der Waals surface area (Å²) in [5.74, 6) is 1.13. The average molecular weight is 250 g/mol. The van der Waals surface area contributed by atoms with Gasteiger partial charge < -0.3 is 4.74 Å². The zero-order valence-electron chi connectivity index (χ0n) is 12.6. The predicted molar refractivity (Wildman–Crippen MR) is 73.1 cm³/mol. The number of rotatable bonds is 2. The maximum Gasteiger partial charge on any atom is 0.333 e. The van der Waals surface area contributed by atoms with Crippen molar-refractivity contribution in [2.75, 3.05) is 0 Å². The van der Waals surface area contributed by atoms with Crippen molar-refractivity contribution < 1.29 is 9.53 Å². The quantitative estimate of drug-likeness (QED) is 0.548. The van der Waals surface area contributed by atoms with E-state index in [2.05, 4.69) is 41.2 Å². The topological polar surface area (TPSA) is 26.3 Å². The molecule has 0 saturated heterocycles. The molecule has 0 heterocycles. The lowest BCUT2D eigenvalue weighted by molar-refractivity contribution is -0.171. The van der Waals surface area contributed by atoms with Gasteiger partial charge in [-0.05, 0) is 43.9 Å². The van der Waals surface area contributed by atoms with Gasteiger partial charge in [-0.3, -0.25) is 0 Å². The van der Waals surface area contributed by atoms with Crippen molar-refractivity contribution in [3.63, 3.8) is 0 Å². The highest BCUT2D eigenvalue weighted by atomic mass is 16.6. The molecule has 2 fully saturated rings. The Morgan fingerprint density at radius 1 is 1.22 bits per heavy atom. The smallest absolute Gasteiger partial charge is 0.333 e. The Hall–Kier alpha value is -0.790. The second-order valence-corrected chi connectivity index (χ2v) is 7.45. The normalized spacial score (nSPS) is 45.0. The van der Waals surface area contributed by atoms with Crippen LogP contribution in [-0.4, -0.2) is 11.6 Å². The Morgan fingerprint density at radius 2 is 1.78 bits per heavy atom. The Bertz CT molecular complexity index is 409. The summed E-state index contributed by atoms with van der Waals surface area (Å²) in [6.45, 7) is 16.8. The van der Waals surface area contributed by atoms with Gasteiger partial charge in [-0.1, -0.05) is 34.3 Å². The van der Waals surface area contributed by atoms with Gasteiger partial charge in [0.25, 0.3) is 0 Å². The Kier molecular flexibility index (Phi) is 2.74. The minimum Gasteiger partial charge on any atom is -0.455 e. The van der Waals surface area contributed by atoms with Crippen LogP contribution >= 0.6 is 0 Å². The van der Waals surface area contributed by atoms with E-state index in [9.17, 15) is 4.79 Å².